The highest BCUT2D eigenvalue weighted by Crippen LogP contribution is 2.37. The van der Waals surface area contributed by atoms with Crippen LogP contribution in [-0.4, -0.2) is 10.9 Å². The fourth-order valence-electron chi connectivity index (χ4n) is 3.59. The van der Waals surface area contributed by atoms with Crippen molar-refractivity contribution in [3.05, 3.63) is 71.8 Å². The molecule has 0 radical (unpaired) electrons. The van der Waals surface area contributed by atoms with Gasteiger partial charge in [-0.1, -0.05) is 79.2 Å². The Morgan fingerprint density at radius 1 is 1.00 bits per heavy atom. The summed E-state index contributed by atoms with van der Waals surface area (Å²) in [6, 6.07) is 21.3. The zero-order valence-electron chi connectivity index (χ0n) is 13.5. The van der Waals surface area contributed by atoms with Crippen molar-refractivity contribution in [1.29, 1.82) is 0 Å². The molecule has 3 heteroatoms. The van der Waals surface area contributed by atoms with Gasteiger partial charge in [0.1, 0.15) is 0 Å². The van der Waals surface area contributed by atoms with Crippen LogP contribution in [0.2, 0.25) is 0 Å². The lowest BCUT2D eigenvalue weighted by Crippen LogP contribution is -2.42. The Labute approximate surface area is 138 Å². The minimum Gasteiger partial charge on any atom is -0.411 e. The molecular weight excluding hydrogens is 284 g/mol. The van der Waals surface area contributed by atoms with E-state index in [0.29, 0.717) is 0 Å². The van der Waals surface area contributed by atoms with Crippen LogP contribution in [0.1, 0.15) is 49.4 Å². The number of rotatable bonds is 4. The first-order valence-electron chi connectivity index (χ1n) is 8.40. The molecule has 0 amide bonds. The number of benzene rings is 2. The molecule has 120 valence electrons. The van der Waals surface area contributed by atoms with Gasteiger partial charge in [0.2, 0.25) is 0 Å². The summed E-state index contributed by atoms with van der Waals surface area (Å²) in [6.07, 6.45) is 2.85. The summed E-state index contributed by atoms with van der Waals surface area (Å²) in [7, 11) is 0. The Morgan fingerprint density at radius 3 is 2.17 bits per heavy atom. The molecule has 0 aromatic heterocycles. The van der Waals surface area contributed by atoms with Gasteiger partial charge >= 0.3 is 0 Å². The lowest BCUT2D eigenvalue weighted by Gasteiger charge is -2.38. The van der Waals surface area contributed by atoms with E-state index >= 15 is 0 Å². The van der Waals surface area contributed by atoms with Gasteiger partial charge in [-0.15, -0.1) is 0 Å². The molecule has 0 bridgehead atoms. The van der Waals surface area contributed by atoms with E-state index in [-0.39, 0.29) is 18.0 Å². The van der Waals surface area contributed by atoms with Crippen LogP contribution in [0, 0.1) is 5.92 Å². The summed E-state index contributed by atoms with van der Waals surface area (Å²) in [4.78, 5) is 0. The van der Waals surface area contributed by atoms with E-state index in [9.17, 15) is 5.21 Å². The quantitative estimate of drug-likeness (QED) is 0.634. The number of hydrogen-bond acceptors (Lipinski definition) is 3. The molecule has 3 atom stereocenters. The summed E-state index contributed by atoms with van der Waals surface area (Å²) in [6.45, 7) is 2.18. The third-order valence-corrected chi connectivity index (χ3v) is 4.71. The Hall–Kier alpha value is -2.13. The third kappa shape index (κ3) is 3.45. The van der Waals surface area contributed by atoms with Crippen molar-refractivity contribution in [2.75, 3.05) is 0 Å². The first kappa shape index (κ1) is 15.8. The van der Waals surface area contributed by atoms with Gasteiger partial charge in [-0.2, -0.15) is 0 Å². The monoisotopic (exact) mass is 308 g/mol. The standard InChI is InChI=1S/C20H24N2O/c1-2-9-17-19(22-23)14-18(15-10-5-3-6-11-15)21-20(17)16-12-7-4-8-13-16/h3-8,10-13,17-18,20-21,23H,2,9,14H2,1H3/b22-19-/t17-,18+,20-/m1/s1. The number of piperidine rings is 1. The predicted molar refractivity (Wildman–Crippen MR) is 93.7 cm³/mol. The fraction of sp³-hybridized carbons (Fsp3) is 0.350. The average molecular weight is 308 g/mol. The summed E-state index contributed by atoms with van der Waals surface area (Å²) < 4.78 is 0. The fourth-order valence-corrected chi connectivity index (χ4v) is 3.59. The zero-order chi connectivity index (χ0) is 16.1. The van der Waals surface area contributed by atoms with E-state index < -0.39 is 0 Å². The van der Waals surface area contributed by atoms with Gasteiger partial charge in [0, 0.05) is 24.4 Å². The SMILES string of the molecule is CCC[C@@H]1/C(=N\O)C[C@@H](c2ccccc2)N[C@@H]1c1ccccc1. The average Bonchev–Trinajstić information content (AvgIpc) is 2.63. The highest BCUT2D eigenvalue weighted by atomic mass is 16.4. The van der Waals surface area contributed by atoms with Crippen LogP contribution in [0.3, 0.4) is 0 Å². The lowest BCUT2D eigenvalue weighted by atomic mass is 9.78. The van der Waals surface area contributed by atoms with Crippen molar-refractivity contribution in [3.63, 3.8) is 0 Å². The molecule has 0 aliphatic carbocycles. The minimum absolute atomic E-state index is 0.181. The van der Waals surface area contributed by atoms with E-state index in [4.69, 9.17) is 0 Å². The number of hydrogen-bond donors (Lipinski definition) is 2. The summed E-state index contributed by atoms with van der Waals surface area (Å²) in [5.74, 6) is 0.243. The van der Waals surface area contributed by atoms with Crippen molar-refractivity contribution in [2.24, 2.45) is 11.1 Å². The Bertz CT molecular complexity index is 639. The molecule has 0 unspecified atom stereocenters. The van der Waals surface area contributed by atoms with Crippen LogP contribution in [0.4, 0.5) is 0 Å². The molecule has 1 fully saturated rings. The zero-order valence-corrected chi connectivity index (χ0v) is 13.5. The number of nitrogens with one attached hydrogen (secondary N) is 1. The maximum atomic E-state index is 9.58. The van der Waals surface area contributed by atoms with Gasteiger partial charge in [-0.3, -0.25) is 0 Å². The van der Waals surface area contributed by atoms with Crippen LogP contribution in [0.25, 0.3) is 0 Å². The number of nitrogens with zero attached hydrogens (tertiary/aromatic N) is 1. The molecule has 2 aromatic rings. The first-order valence-corrected chi connectivity index (χ1v) is 8.40. The molecule has 0 saturated carbocycles. The van der Waals surface area contributed by atoms with Crippen molar-refractivity contribution in [2.45, 2.75) is 38.3 Å². The molecule has 2 aromatic carbocycles. The Kier molecular flexibility index (Phi) is 5.09. The van der Waals surface area contributed by atoms with Crippen molar-refractivity contribution < 1.29 is 5.21 Å². The molecule has 3 nitrogen and oxygen atoms in total. The molecule has 1 aliphatic rings. The van der Waals surface area contributed by atoms with E-state index in [1.54, 1.807) is 0 Å². The van der Waals surface area contributed by atoms with E-state index in [0.717, 1.165) is 25.0 Å². The van der Waals surface area contributed by atoms with E-state index in [1.165, 1.54) is 11.1 Å². The molecule has 2 N–H and O–H groups in total. The van der Waals surface area contributed by atoms with Gasteiger partial charge in [-0.05, 0) is 17.5 Å². The maximum absolute atomic E-state index is 9.58. The van der Waals surface area contributed by atoms with E-state index in [2.05, 4.69) is 65.9 Å². The smallest absolute Gasteiger partial charge is 0.0639 e. The predicted octanol–water partition coefficient (Wildman–Crippen LogP) is 4.71. The van der Waals surface area contributed by atoms with Gasteiger partial charge in [0.05, 0.1) is 5.71 Å². The van der Waals surface area contributed by atoms with Gasteiger partial charge in [0.25, 0.3) is 0 Å². The molecule has 23 heavy (non-hydrogen) atoms. The van der Waals surface area contributed by atoms with Gasteiger partial charge < -0.3 is 10.5 Å². The molecule has 1 heterocycles. The third-order valence-electron chi connectivity index (χ3n) is 4.71. The first-order chi connectivity index (χ1) is 11.3. The van der Waals surface area contributed by atoms with Crippen LogP contribution in [0.15, 0.2) is 65.8 Å². The second-order valence-corrected chi connectivity index (χ2v) is 6.21. The van der Waals surface area contributed by atoms with Crippen molar-refractivity contribution in [3.8, 4) is 0 Å². The second-order valence-electron chi connectivity index (χ2n) is 6.21. The molecule has 3 rings (SSSR count). The van der Waals surface area contributed by atoms with Crippen LogP contribution in [-0.2, 0) is 0 Å². The van der Waals surface area contributed by atoms with E-state index in [1.807, 2.05) is 12.1 Å². The van der Waals surface area contributed by atoms with Crippen molar-refractivity contribution in [1.82, 2.24) is 5.32 Å². The molecule has 1 aliphatic heterocycles. The molecule has 0 spiro atoms. The highest BCUT2D eigenvalue weighted by Gasteiger charge is 2.35. The van der Waals surface area contributed by atoms with Crippen LogP contribution in [0.5, 0.6) is 0 Å². The molecule has 1 saturated heterocycles. The van der Waals surface area contributed by atoms with Gasteiger partial charge in [0.15, 0.2) is 0 Å². The highest BCUT2D eigenvalue weighted by molar-refractivity contribution is 5.88. The second kappa shape index (κ2) is 7.42. The Balaban J connectivity index is 1.95. The summed E-state index contributed by atoms with van der Waals surface area (Å²) >= 11 is 0. The molecular formula is C20H24N2O. The normalized spacial score (nSPS) is 26.3. The Morgan fingerprint density at radius 2 is 1.61 bits per heavy atom. The van der Waals surface area contributed by atoms with Crippen LogP contribution >= 0.6 is 0 Å². The minimum atomic E-state index is 0.181. The summed E-state index contributed by atoms with van der Waals surface area (Å²) in [5, 5.41) is 17.0. The summed E-state index contributed by atoms with van der Waals surface area (Å²) in [5.41, 5.74) is 3.41. The largest absolute Gasteiger partial charge is 0.411 e. The maximum Gasteiger partial charge on any atom is 0.0639 e. The lowest BCUT2D eigenvalue weighted by molar-refractivity contribution is 0.284. The topological polar surface area (TPSA) is 44.6 Å². The number of oxime groups is 1. The van der Waals surface area contributed by atoms with Gasteiger partial charge in [-0.25, -0.2) is 0 Å². The van der Waals surface area contributed by atoms with Crippen molar-refractivity contribution >= 4 is 5.71 Å². The van der Waals surface area contributed by atoms with Crippen LogP contribution < -0.4 is 5.32 Å².